The topological polar surface area (TPSA) is 71.0 Å². The number of likely N-dealkylation sites (tertiary alicyclic amines) is 1. The van der Waals surface area contributed by atoms with Gasteiger partial charge >= 0.3 is 0 Å². The molecule has 1 amide bonds. The van der Waals surface area contributed by atoms with Gasteiger partial charge < -0.3 is 9.47 Å². The van der Waals surface area contributed by atoms with Crippen LogP contribution in [0.15, 0.2) is 45.0 Å². The van der Waals surface area contributed by atoms with Crippen LogP contribution in [0.5, 0.6) is 0 Å². The van der Waals surface area contributed by atoms with Gasteiger partial charge in [0.15, 0.2) is 5.69 Å². The molecular formula is C19H17BrN4O2S. The van der Waals surface area contributed by atoms with Crippen LogP contribution in [0.3, 0.4) is 0 Å². The van der Waals surface area contributed by atoms with Crippen molar-refractivity contribution >= 4 is 33.2 Å². The minimum Gasteiger partial charge on any atom is -0.336 e. The summed E-state index contributed by atoms with van der Waals surface area (Å²) in [5.41, 5.74) is 2.39. The molecule has 2 bridgehead atoms. The number of halogens is 1. The van der Waals surface area contributed by atoms with Crippen LogP contribution in [-0.4, -0.2) is 38.7 Å². The molecule has 2 aliphatic heterocycles. The van der Waals surface area contributed by atoms with Gasteiger partial charge in [-0.2, -0.15) is 5.10 Å². The largest absolute Gasteiger partial charge is 0.336 e. The summed E-state index contributed by atoms with van der Waals surface area (Å²) < 4.78 is 2.92. The Morgan fingerprint density at radius 1 is 1.22 bits per heavy atom. The molecule has 0 spiro atoms. The number of amides is 1. The number of rotatable bonds is 2. The van der Waals surface area contributed by atoms with Crippen LogP contribution in [0.1, 0.15) is 28.5 Å². The van der Waals surface area contributed by atoms with E-state index in [9.17, 15) is 9.59 Å². The average molecular weight is 445 g/mol. The molecule has 5 rings (SSSR count). The molecule has 0 saturated carbocycles. The number of thiophene rings is 1. The van der Waals surface area contributed by atoms with E-state index in [1.54, 1.807) is 17.4 Å². The highest BCUT2D eigenvalue weighted by Gasteiger charge is 2.37. The summed E-state index contributed by atoms with van der Waals surface area (Å²) >= 11 is 5.06. The molecule has 8 heteroatoms. The predicted octanol–water partition coefficient (Wildman–Crippen LogP) is 3.32. The Hall–Kier alpha value is -2.19. The Labute approximate surface area is 168 Å². The van der Waals surface area contributed by atoms with Crippen LogP contribution in [-0.2, 0) is 6.54 Å². The molecule has 1 N–H and O–H groups in total. The van der Waals surface area contributed by atoms with Crippen LogP contribution in [0, 0.1) is 5.92 Å². The highest BCUT2D eigenvalue weighted by molar-refractivity contribution is 9.11. The number of hydrogen-bond donors (Lipinski definition) is 1. The van der Waals surface area contributed by atoms with E-state index in [1.165, 1.54) is 0 Å². The Kier molecular flexibility index (Phi) is 4.05. The first-order chi connectivity index (χ1) is 13.1. The molecule has 2 atom stereocenters. The maximum atomic E-state index is 13.0. The molecule has 0 aromatic carbocycles. The maximum Gasteiger partial charge on any atom is 0.274 e. The van der Waals surface area contributed by atoms with Crippen molar-refractivity contribution in [3.63, 3.8) is 0 Å². The van der Waals surface area contributed by atoms with Gasteiger partial charge in [-0.1, -0.05) is 6.07 Å². The summed E-state index contributed by atoms with van der Waals surface area (Å²) in [5, 5.41) is 7.22. The van der Waals surface area contributed by atoms with Gasteiger partial charge in [-0.25, -0.2) is 0 Å². The van der Waals surface area contributed by atoms with Crippen molar-refractivity contribution in [3.05, 3.63) is 61.9 Å². The smallest absolute Gasteiger partial charge is 0.274 e. The number of nitrogens with one attached hydrogen (secondary N) is 1. The number of piperidine rings is 1. The third kappa shape index (κ3) is 2.96. The van der Waals surface area contributed by atoms with Gasteiger partial charge in [0.05, 0.1) is 14.4 Å². The van der Waals surface area contributed by atoms with Crippen molar-refractivity contribution in [1.29, 1.82) is 0 Å². The van der Waals surface area contributed by atoms with Crippen molar-refractivity contribution in [2.24, 2.45) is 5.92 Å². The van der Waals surface area contributed by atoms with Crippen molar-refractivity contribution in [2.45, 2.75) is 18.9 Å². The van der Waals surface area contributed by atoms with E-state index in [4.69, 9.17) is 0 Å². The Morgan fingerprint density at radius 3 is 2.93 bits per heavy atom. The molecule has 1 saturated heterocycles. The first-order valence-corrected chi connectivity index (χ1v) is 10.5. The Bertz CT molecular complexity index is 1090. The molecule has 5 heterocycles. The normalized spacial score (nSPS) is 21.1. The van der Waals surface area contributed by atoms with Crippen molar-refractivity contribution in [3.8, 4) is 10.6 Å². The molecule has 138 valence electrons. The molecule has 0 radical (unpaired) electrons. The zero-order chi connectivity index (χ0) is 18.5. The molecule has 1 fully saturated rings. The number of fused-ring (bicyclic) bond motifs is 4. The van der Waals surface area contributed by atoms with Gasteiger partial charge in [0.2, 0.25) is 0 Å². The van der Waals surface area contributed by atoms with Crippen LogP contribution < -0.4 is 5.56 Å². The number of hydrogen-bond acceptors (Lipinski definition) is 4. The van der Waals surface area contributed by atoms with Gasteiger partial charge in [-0.15, -0.1) is 11.3 Å². The van der Waals surface area contributed by atoms with Crippen molar-refractivity contribution in [1.82, 2.24) is 19.7 Å². The molecule has 2 aliphatic rings. The number of pyridine rings is 1. The number of nitrogens with zero attached hydrogens (tertiary/aromatic N) is 3. The fraction of sp³-hybridized carbons (Fsp3) is 0.316. The third-order valence-corrected chi connectivity index (χ3v) is 7.06. The number of carbonyl (C=O) groups excluding carboxylic acids is 1. The summed E-state index contributed by atoms with van der Waals surface area (Å²) in [6.45, 7) is 1.98. The monoisotopic (exact) mass is 444 g/mol. The predicted molar refractivity (Wildman–Crippen MR) is 107 cm³/mol. The molecule has 6 nitrogen and oxygen atoms in total. The second-order valence-electron chi connectivity index (χ2n) is 7.18. The number of H-pyrrole nitrogens is 1. The summed E-state index contributed by atoms with van der Waals surface area (Å²) in [6, 6.07) is 11.2. The molecule has 3 aromatic heterocycles. The number of aromatic amines is 1. The summed E-state index contributed by atoms with van der Waals surface area (Å²) in [5.74, 6) is 0.475. The average Bonchev–Trinajstić information content (AvgIpc) is 3.31. The highest BCUT2D eigenvalue weighted by atomic mass is 79.9. The molecule has 3 aromatic rings. The van der Waals surface area contributed by atoms with Gasteiger partial charge in [0.1, 0.15) is 0 Å². The van der Waals surface area contributed by atoms with Gasteiger partial charge in [-0.05, 0) is 52.5 Å². The maximum absolute atomic E-state index is 13.0. The highest BCUT2D eigenvalue weighted by Crippen LogP contribution is 2.36. The lowest BCUT2D eigenvalue weighted by molar-refractivity contribution is 0.0588. The molecule has 0 aliphatic carbocycles. The lowest BCUT2D eigenvalue weighted by atomic mass is 9.83. The number of carbonyl (C=O) groups is 1. The lowest BCUT2D eigenvalue weighted by Gasteiger charge is -2.42. The fourth-order valence-electron chi connectivity index (χ4n) is 4.24. The van der Waals surface area contributed by atoms with E-state index >= 15 is 0 Å². The van der Waals surface area contributed by atoms with Gasteiger partial charge in [0.25, 0.3) is 11.5 Å². The zero-order valence-corrected chi connectivity index (χ0v) is 16.8. The third-order valence-electron chi connectivity index (χ3n) is 5.40. The quantitative estimate of drug-likeness (QED) is 0.658. The zero-order valence-electron chi connectivity index (χ0n) is 14.4. The van der Waals surface area contributed by atoms with Crippen LogP contribution in [0.4, 0.5) is 0 Å². The van der Waals surface area contributed by atoms with Crippen molar-refractivity contribution in [2.75, 3.05) is 13.1 Å². The SMILES string of the molecule is O=C(c1cc(-c2ccc(Br)s2)[nH]n1)N1CC2CC(C1)c1cccc(=O)n1C2. The molecule has 2 unspecified atom stereocenters. The van der Waals surface area contributed by atoms with E-state index in [1.807, 2.05) is 39.8 Å². The minimum atomic E-state index is -0.0467. The Morgan fingerprint density at radius 2 is 2.11 bits per heavy atom. The summed E-state index contributed by atoms with van der Waals surface area (Å²) in [4.78, 5) is 28.1. The lowest BCUT2D eigenvalue weighted by Crippen LogP contribution is -2.49. The number of aromatic nitrogens is 3. The van der Waals surface area contributed by atoms with E-state index in [2.05, 4.69) is 26.1 Å². The second kappa shape index (κ2) is 6.45. The summed E-state index contributed by atoms with van der Waals surface area (Å²) in [6.07, 6.45) is 1.03. The van der Waals surface area contributed by atoms with E-state index in [-0.39, 0.29) is 17.4 Å². The van der Waals surface area contributed by atoms with Crippen LogP contribution in [0.25, 0.3) is 10.6 Å². The van der Waals surface area contributed by atoms with E-state index in [0.29, 0.717) is 31.2 Å². The van der Waals surface area contributed by atoms with E-state index in [0.717, 1.165) is 26.5 Å². The molecular weight excluding hydrogens is 428 g/mol. The fourth-order valence-corrected chi connectivity index (χ4v) is 5.59. The van der Waals surface area contributed by atoms with Crippen LogP contribution in [0.2, 0.25) is 0 Å². The Balaban J connectivity index is 1.40. The minimum absolute atomic E-state index is 0.0467. The first kappa shape index (κ1) is 16.9. The van der Waals surface area contributed by atoms with Crippen molar-refractivity contribution < 1.29 is 4.79 Å². The first-order valence-electron chi connectivity index (χ1n) is 8.88. The molecule has 27 heavy (non-hydrogen) atoms. The van der Waals surface area contributed by atoms with Crippen LogP contribution >= 0.6 is 27.3 Å². The van der Waals surface area contributed by atoms with Gasteiger partial charge in [0, 0.05) is 37.3 Å². The van der Waals surface area contributed by atoms with E-state index < -0.39 is 0 Å². The second-order valence-corrected chi connectivity index (χ2v) is 9.64. The standard InChI is InChI=1S/C19H17BrN4O2S/c20-17-5-4-16(27-17)13-7-14(22-21-13)19(26)23-8-11-6-12(10-23)15-2-1-3-18(25)24(15)9-11/h1-5,7,11-12H,6,8-10H2,(H,21,22). The van der Waals surface area contributed by atoms with Gasteiger partial charge in [-0.3, -0.25) is 14.7 Å². The summed E-state index contributed by atoms with van der Waals surface area (Å²) in [7, 11) is 0.